The molecule has 0 spiro atoms. The summed E-state index contributed by atoms with van der Waals surface area (Å²) in [5.41, 5.74) is 7.75. The first-order chi connectivity index (χ1) is 11.2. The molecule has 0 saturated carbocycles. The number of primary amides is 1. The minimum atomic E-state index is -0.336. The van der Waals surface area contributed by atoms with Gasteiger partial charge in [0.15, 0.2) is 0 Å². The Morgan fingerprint density at radius 3 is 1.96 bits per heavy atom. The lowest BCUT2D eigenvalue weighted by molar-refractivity contribution is 0.120. The fraction of sp³-hybridized carbons (Fsp3) is 0.278. The molecule has 2 N–H and O–H groups in total. The summed E-state index contributed by atoms with van der Waals surface area (Å²) in [5.74, 6) is 1.82. The summed E-state index contributed by atoms with van der Waals surface area (Å²) in [6, 6.07) is 16.2. The van der Waals surface area contributed by atoms with Crippen molar-refractivity contribution in [2.75, 3.05) is 26.2 Å². The maximum atomic E-state index is 11.3. The zero-order valence-corrected chi connectivity index (χ0v) is 12.8. The van der Waals surface area contributed by atoms with Crippen LogP contribution in [0.3, 0.4) is 0 Å². The SMILES string of the molecule is NC(=O)N1CCN(C2c3ccccc3Oc3ccccc32)CC1. The van der Waals surface area contributed by atoms with Crippen LogP contribution in [-0.4, -0.2) is 42.0 Å². The molecule has 5 nitrogen and oxygen atoms in total. The standard InChI is InChI=1S/C18H19N3O2/c19-18(22)21-11-9-20(10-12-21)17-13-5-1-3-7-15(13)23-16-8-4-2-6-14(16)17/h1-8,17H,9-12H2,(H2,19,22). The largest absolute Gasteiger partial charge is 0.457 e. The highest BCUT2D eigenvalue weighted by Crippen LogP contribution is 2.45. The van der Waals surface area contributed by atoms with Gasteiger partial charge in [0.25, 0.3) is 0 Å². The van der Waals surface area contributed by atoms with Crippen LogP contribution in [-0.2, 0) is 0 Å². The van der Waals surface area contributed by atoms with E-state index in [1.54, 1.807) is 4.90 Å². The lowest BCUT2D eigenvalue weighted by Gasteiger charge is -2.41. The van der Waals surface area contributed by atoms with E-state index in [4.69, 9.17) is 10.5 Å². The van der Waals surface area contributed by atoms with Crippen molar-refractivity contribution in [2.45, 2.75) is 6.04 Å². The van der Waals surface area contributed by atoms with Crippen molar-refractivity contribution in [1.82, 2.24) is 9.80 Å². The van der Waals surface area contributed by atoms with Crippen molar-refractivity contribution in [1.29, 1.82) is 0 Å². The molecule has 5 heteroatoms. The van der Waals surface area contributed by atoms with E-state index in [0.717, 1.165) is 24.6 Å². The van der Waals surface area contributed by atoms with Crippen molar-refractivity contribution in [3.8, 4) is 11.5 Å². The monoisotopic (exact) mass is 309 g/mol. The maximum Gasteiger partial charge on any atom is 0.314 e. The number of rotatable bonds is 1. The van der Waals surface area contributed by atoms with Gasteiger partial charge in [-0.3, -0.25) is 4.90 Å². The predicted octanol–water partition coefficient (Wildman–Crippen LogP) is 2.58. The Hall–Kier alpha value is -2.53. The molecule has 0 unspecified atom stereocenters. The van der Waals surface area contributed by atoms with Gasteiger partial charge >= 0.3 is 6.03 Å². The van der Waals surface area contributed by atoms with Crippen molar-refractivity contribution in [3.05, 3.63) is 59.7 Å². The number of urea groups is 1. The third kappa shape index (κ3) is 2.43. The number of hydrogen-bond donors (Lipinski definition) is 1. The Morgan fingerprint density at radius 1 is 0.913 bits per heavy atom. The average Bonchev–Trinajstić information content (AvgIpc) is 2.59. The first-order valence-corrected chi connectivity index (χ1v) is 7.88. The van der Waals surface area contributed by atoms with E-state index in [2.05, 4.69) is 17.0 Å². The molecule has 2 aromatic carbocycles. The second-order valence-electron chi connectivity index (χ2n) is 5.94. The summed E-state index contributed by atoms with van der Waals surface area (Å²) in [6.45, 7) is 2.93. The van der Waals surface area contributed by atoms with Gasteiger partial charge in [0.2, 0.25) is 0 Å². The van der Waals surface area contributed by atoms with Gasteiger partial charge in [-0.15, -0.1) is 0 Å². The van der Waals surface area contributed by atoms with Gasteiger partial charge in [-0.25, -0.2) is 4.79 Å². The Balaban J connectivity index is 1.70. The molecule has 2 amide bonds. The molecule has 0 aromatic heterocycles. The van der Waals surface area contributed by atoms with Crippen LogP contribution in [0.4, 0.5) is 4.79 Å². The Labute approximate surface area is 135 Å². The number of nitrogens with zero attached hydrogens (tertiary/aromatic N) is 2. The fourth-order valence-electron chi connectivity index (χ4n) is 3.48. The van der Waals surface area contributed by atoms with Crippen molar-refractivity contribution in [3.63, 3.8) is 0 Å². The van der Waals surface area contributed by atoms with Gasteiger partial charge in [-0.2, -0.15) is 0 Å². The van der Waals surface area contributed by atoms with E-state index in [1.807, 2.05) is 36.4 Å². The van der Waals surface area contributed by atoms with E-state index in [-0.39, 0.29) is 12.1 Å². The fourth-order valence-corrected chi connectivity index (χ4v) is 3.48. The number of ether oxygens (including phenoxy) is 1. The Morgan fingerprint density at radius 2 is 1.43 bits per heavy atom. The molecule has 2 aromatic rings. The summed E-state index contributed by atoms with van der Waals surface area (Å²) < 4.78 is 6.05. The summed E-state index contributed by atoms with van der Waals surface area (Å²) in [7, 11) is 0. The molecule has 4 rings (SSSR count). The molecule has 2 aliphatic rings. The number of benzene rings is 2. The molecule has 118 valence electrons. The topological polar surface area (TPSA) is 58.8 Å². The van der Waals surface area contributed by atoms with Crippen LogP contribution < -0.4 is 10.5 Å². The quantitative estimate of drug-likeness (QED) is 0.881. The molecule has 1 saturated heterocycles. The molecule has 2 aliphatic heterocycles. The first-order valence-electron chi connectivity index (χ1n) is 7.88. The lowest BCUT2D eigenvalue weighted by atomic mass is 9.92. The Bertz CT molecular complexity index is 693. The maximum absolute atomic E-state index is 11.3. The predicted molar refractivity (Wildman–Crippen MR) is 87.5 cm³/mol. The van der Waals surface area contributed by atoms with E-state index in [9.17, 15) is 4.79 Å². The molecule has 2 heterocycles. The van der Waals surface area contributed by atoms with E-state index < -0.39 is 0 Å². The normalized spacial score (nSPS) is 18.0. The number of carbonyl (C=O) groups excluding carboxylic acids is 1. The second kappa shape index (κ2) is 5.59. The molecular formula is C18H19N3O2. The van der Waals surface area contributed by atoms with Crippen molar-refractivity contribution < 1.29 is 9.53 Å². The highest BCUT2D eigenvalue weighted by molar-refractivity contribution is 5.72. The third-order valence-corrected chi connectivity index (χ3v) is 4.64. The molecular weight excluding hydrogens is 290 g/mol. The van der Waals surface area contributed by atoms with Crippen LogP contribution in [0.15, 0.2) is 48.5 Å². The van der Waals surface area contributed by atoms with Crippen LogP contribution >= 0.6 is 0 Å². The summed E-state index contributed by atoms with van der Waals surface area (Å²) in [5, 5.41) is 0. The average molecular weight is 309 g/mol. The molecule has 0 aliphatic carbocycles. The first kappa shape index (κ1) is 14.1. The highest BCUT2D eigenvalue weighted by atomic mass is 16.5. The zero-order valence-electron chi connectivity index (χ0n) is 12.8. The smallest absolute Gasteiger partial charge is 0.314 e. The number of hydrogen-bond acceptors (Lipinski definition) is 3. The minimum absolute atomic E-state index is 0.158. The number of amides is 2. The van der Waals surface area contributed by atoms with Crippen molar-refractivity contribution >= 4 is 6.03 Å². The third-order valence-electron chi connectivity index (χ3n) is 4.64. The van der Waals surface area contributed by atoms with Gasteiger partial charge in [-0.1, -0.05) is 36.4 Å². The summed E-state index contributed by atoms with van der Waals surface area (Å²) >= 11 is 0. The molecule has 23 heavy (non-hydrogen) atoms. The number of fused-ring (bicyclic) bond motifs is 2. The van der Waals surface area contributed by atoms with Crippen LogP contribution in [0, 0.1) is 0 Å². The molecule has 0 atom stereocenters. The van der Waals surface area contributed by atoms with Gasteiger partial charge in [0, 0.05) is 37.3 Å². The van der Waals surface area contributed by atoms with Gasteiger partial charge in [-0.05, 0) is 12.1 Å². The molecule has 1 fully saturated rings. The zero-order chi connectivity index (χ0) is 15.8. The van der Waals surface area contributed by atoms with Crippen LogP contribution in [0.25, 0.3) is 0 Å². The van der Waals surface area contributed by atoms with Gasteiger partial charge in [0.1, 0.15) is 11.5 Å². The number of nitrogens with two attached hydrogens (primary N) is 1. The number of carbonyl (C=O) groups is 1. The lowest BCUT2D eigenvalue weighted by Crippen LogP contribution is -2.51. The molecule has 0 bridgehead atoms. The van der Waals surface area contributed by atoms with Crippen LogP contribution in [0.2, 0.25) is 0 Å². The summed E-state index contributed by atoms with van der Waals surface area (Å²) in [6.07, 6.45) is 0. The second-order valence-corrected chi connectivity index (χ2v) is 5.94. The van der Waals surface area contributed by atoms with Crippen LogP contribution in [0.1, 0.15) is 17.2 Å². The van der Waals surface area contributed by atoms with E-state index in [1.165, 1.54) is 11.1 Å². The van der Waals surface area contributed by atoms with Crippen LogP contribution in [0.5, 0.6) is 11.5 Å². The highest BCUT2D eigenvalue weighted by Gasteiger charge is 2.33. The number of piperazine rings is 1. The molecule has 0 radical (unpaired) electrons. The van der Waals surface area contributed by atoms with E-state index in [0.29, 0.717) is 13.1 Å². The number of para-hydroxylation sites is 2. The Kier molecular flexibility index (Phi) is 3.42. The summed E-state index contributed by atoms with van der Waals surface area (Å²) in [4.78, 5) is 15.4. The van der Waals surface area contributed by atoms with E-state index >= 15 is 0 Å². The van der Waals surface area contributed by atoms with Gasteiger partial charge in [0.05, 0.1) is 6.04 Å². The van der Waals surface area contributed by atoms with Crippen molar-refractivity contribution in [2.24, 2.45) is 5.73 Å². The minimum Gasteiger partial charge on any atom is -0.457 e. The van der Waals surface area contributed by atoms with Gasteiger partial charge < -0.3 is 15.4 Å².